The number of hydrogen-bond donors (Lipinski definition) is 0. The summed E-state index contributed by atoms with van der Waals surface area (Å²) in [6.07, 6.45) is 0. The average Bonchev–Trinajstić information content (AvgIpc) is 2.68. The number of fused-ring (bicyclic) bond motifs is 1. The fourth-order valence-corrected chi connectivity index (χ4v) is 2.76. The maximum atomic E-state index is 3.46. The van der Waals surface area contributed by atoms with Crippen LogP contribution in [-0.4, -0.2) is 4.57 Å². The zero-order valence-corrected chi connectivity index (χ0v) is 13.2. The number of aryl methyl sites for hydroxylation is 2. The van der Waals surface area contributed by atoms with Gasteiger partial charge in [0.15, 0.2) is 0 Å². The summed E-state index contributed by atoms with van der Waals surface area (Å²) in [4.78, 5) is 0. The van der Waals surface area contributed by atoms with Gasteiger partial charge < -0.3 is 4.57 Å². The van der Waals surface area contributed by atoms with E-state index >= 15 is 0 Å². The van der Waals surface area contributed by atoms with Gasteiger partial charge in [-0.3, -0.25) is 0 Å². The lowest BCUT2D eigenvalue weighted by molar-refractivity contribution is 0.804. The van der Waals surface area contributed by atoms with Crippen LogP contribution in [0.2, 0.25) is 0 Å². The molecule has 95 valence electrons. The number of nitrogens with zero attached hydrogens (tertiary/aromatic N) is 1. The molecule has 0 aliphatic carbocycles. The number of halogens is 1. The summed E-state index contributed by atoms with van der Waals surface area (Å²) in [6.45, 7) is 5.16. The van der Waals surface area contributed by atoms with Crippen LogP contribution >= 0.6 is 22.6 Å². The lowest BCUT2D eigenvalue weighted by Crippen LogP contribution is -2.01. The van der Waals surface area contributed by atoms with Gasteiger partial charge in [-0.25, -0.2) is 0 Å². The highest BCUT2D eigenvalue weighted by Gasteiger charge is 2.06. The van der Waals surface area contributed by atoms with Crippen molar-refractivity contribution >= 4 is 33.5 Å². The molecule has 0 amide bonds. The second kappa shape index (κ2) is 5.00. The molecule has 0 N–H and O–H groups in total. The molecule has 0 aliphatic heterocycles. The molecule has 1 nitrogen and oxygen atoms in total. The summed E-state index contributed by atoms with van der Waals surface area (Å²) < 4.78 is 3.61. The first-order valence-electron chi connectivity index (χ1n) is 6.37. The molecule has 0 saturated heterocycles. The Kier molecular flexibility index (Phi) is 3.35. The van der Waals surface area contributed by atoms with Gasteiger partial charge in [-0.15, -0.1) is 0 Å². The van der Waals surface area contributed by atoms with Crippen LogP contribution in [0, 0.1) is 23.5 Å². The second-order valence-electron chi connectivity index (χ2n) is 4.94. The molecule has 0 atom stereocenters. The van der Waals surface area contributed by atoms with E-state index in [-0.39, 0.29) is 0 Å². The fourth-order valence-electron chi connectivity index (χ4n) is 2.40. The quantitative estimate of drug-likeness (QED) is 0.584. The molecule has 0 saturated carbocycles. The smallest absolute Gasteiger partial charge is 0.0492 e. The molecule has 19 heavy (non-hydrogen) atoms. The third-order valence-corrected chi connectivity index (χ3v) is 4.14. The Hall–Kier alpha value is -1.29. The Bertz CT molecular complexity index is 723. The van der Waals surface area contributed by atoms with Gasteiger partial charge >= 0.3 is 0 Å². The number of benzene rings is 2. The molecule has 0 bridgehead atoms. The first kappa shape index (κ1) is 12.7. The van der Waals surface area contributed by atoms with Crippen LogP contribution in [0.15, 0.2) is 42.5 Å². The van der Waals surface area contributed by atoms with Crippen LogP contribution in [0.3, 0.4) is 0 Å². The zero-order valence-electron chi connectivity index (χ0n) is 11.1. The summed E-state index contributed by atoms with van der Waals surface area (Å²) in [5.74, 6) is 0. The lowest BCUT2D eigenvalue weighted by Gasteiger charge is -2.08. The summed E-state index contributed by atoms with van der Waals surface area (Å²) >= 11 is 2.34. The summed E-state index contributed by atoms with van der Waals surface area (Å²) in [7, 11) is 0. The lowest BCUT2D eigenvalue weighted by atomic mass is 10.2. The van der Waals surface area contributed by atoms with Gasteiger partial charge in [0.25, 0.3) is 0 Å². The van der Waals surface area contributed by atoms with E-state index in [0.717, 1.165) is 6.54 Å². The first-order valence-corrected chi connectivity index (χ1v) is 7.44. The second-order valence-corrected chi connectivity index (χ2v) is 6.19. The van der Waals surface area contributed by atoms with Gasteiger partial charge in [-0.05, 0) is 66.3 Å². The molecule has 0 spiro atoms. The van der Waals surface area contributed by atoms with Crippen molar-refractivity contribution in [2.24, 2.45) is 0 Å². The van der Waals surface area contributed by atoms with Gasteiger partial charge in [0.2, 0.25) is 0 Å². The molecule has 0 aliphatic rings. The highest BCUT2D eigenvalue weighted by Crippen LogP contribution is 2.21. The van der Waals surface area contributed by atoms with Crippen LogP contribution in [0.25, 0.3) is 10.9 Å². The molecule has 2 heteroatoms. The van der Waals surface area contributed by atoms with E-state index in [2.05, 4.69) is 89.5 Å². The Labute approximate surface area is 127 Å². The largest absolute Gasteiger partial charge is 0.340 e. The number of hydrogen-bond acceptors (Lipinski definition) is 0. The predicted molar refractivity (Wildman–Crippen MR) is 88.5 cm³/mol. The summed E-state index contributed by atoms with van der Waals surface area (Å²) in [5, 5.41) is 1.21. The average molecular weight is 360 g/mol. The molecule has 1 aromatic heterocycles. The van der Waals surface area contributed by atoms with Crippen LogP contribution in [0.5, 0.6) is 0 Å². The highest BCUT2D eigenvalue weighted by atomic mass is 127. The van der Waals surface area contributed by atoms with Crippen molar-refractivity contribution in [3.05, 3.63) is 68.9 Å². The van der Waals surface area contributed by atoms with Gasteiger partial charge in [0.05, 0.1) is 0 Å². The third-order valence-electron chi connectivity index (χ3n) is 3.42. The monoisotopic (exact) mass is 360 g/mol. The number of aromatic nitrogens is 1. The molecule has 0 unspecified atom stereocenters. The van der Waals surface area contributed by atoms with E-state index in [1.807, 2.05) is 0 Å². The van der Waals surface area contributed by atoms with Crippen molar-refractivity contribution in [1.82, 2.24) is 4.57 Å². The van der Waals surface area contributed by atoms with Gasteiger partial charge in [0.1, 0.15) is 0 Å². The van der Waals surface area contributed by atoms with E-state index in [9.17, 15) is 0 Å². The topological polar surface area (TPSA) is 4.93 Å². The van der Waals surface area contributed by atoms with Crippen LogP contribution in [0.4, 0.5) is 0 Å². The van der Waals surface area contributed by atoms with Gasteiger partial charge in [0, 0.05) is 32.8 Å². The van der Waals surface area contributed by atoms with Crippen molar-refractivity contribution < 1.29 is 0 Å². The van der Waals surface area contributed by atoms with E-state index in [1.54, 1.807) is 0 Å². The molecule has 3 rings (SSSR count). The maximum Gasteiger partial charge on any atom is 0.0492 e. The molecular weight excluding hydrogens is 345 g/mol. The van der Waals surface area contributed by atoms with E-state index in [0.29, 0.717) is 0 Å². The minimum atomic E-state index is 0.909. The minimum Gasteiger partial charge on any atom is -0.340 e. The van der Waals surface area contributed by atoms with Crippen molar-refractivity contribution in [2.75, 3.05) is 0 Å². The van der Waals surface area contributed by atoms with Crippen LogP contribution in [-0.2, 0) is 6.54 Å². The Morgan fingerprint density at radius 1 is 1.05 bits per heavy atom. The summed E-state index contributed by atoms with van der Waals surface area (Å²) in [5.41, 5.74) is 5.07. The van der Waals surface area contributed by atoms with Gasteiger partial charge in [-0.1, -0.05) is 23.8 Å². The van der Waals surface area contributed by atoms with Crippen LogP contribution in [0.1, 0.15) is 16.8 Å². The Morgan fingerprint density at radius 2 is 1.79 bits per heavy atom. The maximum absolute atomic E-state index is 3.46. The van der Waals surface area contributed by atoms with Crippen LogP contribution < -0.4 is 0 Å². The van der Waals surface area contributed by atoms with Crippen molar-refractivity contribution in [3.63, 3.8) is 0 Å². The molecular formula is C17H15IN. The highest BCUT2D eigenvalue weighted by molar-refractivity contribution is 14.1. The van der Waals surface area contributed by atoms with E-state index in [1.165, 1.54) is 31.3 Å². The molecule has 3 aromatic rings. The normalized spacial score (nSPS) is 11.1. The Balaban J connectivity index is 2.05. The van der Waals surface area contributed by atoms with E-state index in [4.69, 9.17) is 0 Å². The first-order chi connectivity index (χ1) is 9.13. The number of rotatable bonds is 2. The summed E-state index contributed by atoms with van der Waals surface area (Å²) in [6, 6.07) is 18.7. The van der Waals surface area contributed by atoms with Gasteiger partial charge in [-0.2, -0.15) is 0 Å². The van der Waals surface area contributed by atoms with Crippen molar-refractivity contribution in [1.29, 1.82) is 0 Å². The zero-order chi connectivity index (χ0) is 13.4. The Morgan fingerprint density at radius 3 is 2.53 bits per heavy atom. The van der Waals surface area contributed by atoms with E-state index < -0.39 is 0 Å². The minimum absolute atomic E-state index is 0.909. The molecule has 1 heterocycles. The standard InChI is InChI=1S/C17H15IN/c1-12-3-8-17-15(9-12)10-13(2)19(17)11-14-4-6-16(18)7-5-14/h3-9H,11H2,1-2H3. The fraction of sp³-hybridized carbons (Fsp3) is 0.176. The van der Waals surface area contributed by atoms with Crippen molar-refractivity contribution in [3.8, 4) is 0 Å². The predicted octanol–water partition coefficient (Wildman–Crippen LogP) is 4.71. The SMILES string of the molecule is Cc1ccc2c([c]c(C)n2Cc2ccc(I)cc2)c1. The third kappa shape index (κ3) is 2.54. The molecule has 0 fully saturated rings. The van der Waals surface area contributed by atoms with Crippen molar-refractivity contribution in [2.45, 2.75) is 20.4 Å². The molecule has 2 aromatic carbocycles. The molecule has 1 radical (unpaired) electrons.